The van der Waals surface area contributed by atoms with Crippen molar-refractivity contribution >= 4 is 29.3 Å². The number of aliphatic carboxylic acids is 1. The zero-order valence-corrected chi connectivity index (χ0v) is 23.0. The van der Waals surface area contributed by atoms with E-state index < -0.39 is 46.2 Å². The number of nitrogens with zero attached hydrogens (tertiary/aromatic N) is 3. The van der Waals surface area contributed by atoms with Crippen molar-refractivity contribution in [3.8, 4) is 0 Å². The first-order valence-corrected chi connectivity index (χ1v) is 13.1. The van der Waals surface area contributed by atoms with Gasteiger partial charge in [0, 0.05) is 43.3 Å². The largest absolute Gasteiger partial charge is 0.478 e. The van der Waals surface area contributed by atoms with Gasteiger partial charge in [-0.3, -0.25) is 5.10 Å². The second-order valence-corrected chi connectivity index (χ2v) is 11.0. The fourth-order valence-electron chi connectivity index (χ4n) is 5.24. The van der Waals surface area contributed by atoms with Gasteiger partial charge in [-0.25, -0.2) is 22.8 Å². The van der Waals surface area contributed by atoms with E-state index in [-0.39, 0.29) is 17.5 Å². The van der Waals surface area contributed by atoms with Gasteiger partial charge in [-0.1, -0.05) is 12.1 Å². The average molecular weight is 570 g/mol. The summed E-state index contributed by atoms with van der Waals surface area (Å²) in [7, 11) is 0. The summed E-state index contributed by atoms with van der Waals surface area (Å²) < 4.78 is 49.3. The maximum absolute atomic E-state index is 14.9. The third kappa shape index (κ3) is 5.33. The summed E-state index contributed by atoms with van der Waals surface area (Å²) in [5.74, 6) is -6.03. The number of carboxylic acid groups (broad SMARTS) is 1. The summed E-state index contributed by atoms with van der Waals surface area (Å²) in [4.78, 5) is 28.8. The fourth-order valence-corrected chi connectivity index (χ4v) is 5.24. The molecule has 1 fully saturated rings. The third-order valence-electron chi connectivity index (χ3n) is 7.14. The number of carbonyl (C=O) groups excluding carboxylic acids is 1. The molecule has 2 aliphatic heterocycles. The minimum atomic E-state index is -1.49. The second kappa shape index (κ2) is 10.5. The number of anilines is 2. The van der Waals surface area contributed by atoms with E-state index in [1.165, 1.54) is 0 Å². The molecule has 9 nitrogen and oxygen atoms in total. The van der Waals surface area contributed by atoms with E-state index in [1.807, 2.05) is 32.9 Å². The molecular weight excluding hydrogens is 539 g/mol. The minimum Gasteiger partial charge on any atom is -0.478 e. The number of aromatic amines is 1. The highest BCUT2D eigenvalue weighted by Crippen LogP contribution is 2.46. The van der Waals surface area contributed by atoms with Crippen molar-refractivity contribution in [3.05, 3.63) is 81.8 Å². The molecule has 3 aromatic rings. The summed E-state index contributed by atoms with van der Waals surface area (Å²) in [6, 6.07) is 8.56. The molecule has 3 heterocycles. The first-order valence-electron chi connectivity index (χ1n) is 13.1. The molecule has 0 aliphatic carbocycles. The number of nitrogens with one attached hydrogen (secondary N) is 2. The summed E-state index contributed by atoms with van der Waals surface area (Å²) in [5.41, 5.74) is 0.282. The topological polar surface area (TPSA) is 111 Å². The van der Waals surface area contributed by atoms with E-state index in [4.69, 9.17) is 4.74 Å². The number of fused-ring (bicyclic) bond motifs is 1. The Balaban J connectivity index is 1.48. The number of ether oxygens (including phenoxy) is 1. The zero-order valence-electron chi connectivity index (χ0n) is 23.0. The average Bonchev–Trinajstić information content (AvgIpc) is 3.29. The van der Waals surface area contributed by atoms with Crippen LogP contribution in [0.15, 0.2) is 42.0 Å². The Morgan fingerprint density at radius 1 is 1.00 bits per heavy atom. The van der Waals surface area contributed by atoms with Crippen molar-refractivity contribution in [3.63, 3.8) is 0 Å². The molecular formula is C29H30F3N5O4. The van der Waals surface area contributed by atoms with E-state index in [1.54, 1.807) is 24.0 Å². The number of benzene rings is 2. The van der Waals surface area contributed by atoms with Gasteiger partial charge >= 0.3 is 12.1 Å². The van der Waals surface area contributed by atoms with Crippen LogP contribution in [0.1, 0.15) is 49.1 Å². The van der Waals surface area contributed by atoms with Gasteiger partial charge in [-0.2, -0.15) is 5.10 Å². The molecule has 0 bridgehead atoms. The Labute approximate surface area is 234 Å². The number of carboxylic acids is 1. The molecule has 2 aromatic carbocycles. The first-order chi connectivity index (χ1) is 19.4. The van der Waals surface area contributed by atoms with Crippen LogP contribution in [0, 0.1) is 24.4 Å². The Morgan fingerprint density at radius 2 is 1.63 bits per heavy atom. The van der Waals surface area contributed by atoms with Crippen molar-refractivity contribution < 1.29 is 32.6 Å². The van der Waals surface area contributed by atoms with E-state index in [0.717, 1.165) is 11.8 Å². The molecule has 5 rings (SSSR count). The fraction of sp³-hybridized carbons (Fsp3) is 0.345. The molecule has 1 aromatic heterocycles. The standard InChI is InChI=1S/C29H30F3N5O4/c1-15-20-21(16-5-7-17(8-6-16)36-11-13-37(14-12-36)28(40)41-29(2,3)4)23(27(38)39)25(33-26(20)35-34-15)22-18(30)9-10-19(31)24(22)32/h5-10,21H,11-14H2,1-4H3,(H,38,39)(H2,33,34,35). The lowest BCUT2D eigenvalue weighted by Crippen LogP contribution is -2.50. The number of piperazine rings is 1. The summed E-state index contributed by atoms with van der Waals surface area (Å²) >= 11 is 0. The van der Waals surface area contributed by atoms with Crippen LogP contribution in [-0.2, 0) is 9.53 Å². The highest BCUT2D eigenvalue weighted by Gasteiger charge is 2.39. The monoisotopic (exact) mass is 569 g/mol. The van der Waals surface area contributed by atoms with Crippen LogP contribution in [0.3, 0.4) is 0 Å². The number of rotatable bonds is 4. The molecule has 3 N–H and O–H groups in total. The van der Waals surface area contributed by atoms with Gasteiger partial charge in [0.05, 0.1) is 22.5 Å². The minimum absolute atomic E-state index is 0.262. The Bertz CT molecular complexity index is 1540. The van der Waals surface area contributed by atoms with Crippen LogP contribution in [0.2, 0.25) is 0 Å². The van der Waals surface area contributed by atoms with Crippen molar-refractivity contribution in [2.24, 2.45) is 0 Å². The molecule has 1 atom stereocenters. The van der Waals surface area contributed by atoms with E-state index >= 15 is 0 Å². The smallest absolute Gasteiger partial charge is 0.410 e. The number of carbonyl (C=O) groups is 2. The molecule has 2 aliphatic rings. The lowest BCUT2D eigenvalue weighted by molar-refractivity contribution is -0.132. The van der Waals surface area contributed by atoms with Gasteiger partial charge in [-0.05, 0) is 57.5 Å². The number of aryl methyl sites for hydroxylation is 1. The van der Waals surface area contributed by atoms with E-state index in [2.05, 4.69) is 20.4 Å². The molecule has 0 spiro atoms. The molecule has 216 valence electrons. The normalized spacial score (nSPS) is 17.3. The van der Waals surface area contributed by atoms with Crippen molar-refractivity contribution in [1.82, 2.24) is 15.1 Å². The highest BCUT2D eigenvalue weighted by molar-refractivity contribution is 6.03. The molecule has 1 amide bonds. The van der Waals surface area contributed by atoms with Gasteiger partial charge in [0.25, 0.3) is 0 Å². The third-order valence-corrected chi connectivity index (χ3v) is 7.14. The lowest BCUT2D eigenvalue weighted by Gasteiger charge is -2.37. The van der Waals surface area contributed by atoms with Crippen molar-refractivity contribution in [2.45, 2.75) is 39.2 Å². The van der Waals surface area contributed by atoms with Gasteiger partial charge in [0.2, 0.25) is 0 Å². The van der Waals surface area contributed by atoms with Crippen molar-refractivity contribution in [1.29, 1.82) is 0 Å². The van der Waals surface area contributed by atoms with Crippen LogP contribution in [0.4, 0.5) is 29.5 Å². The van der Waals surface area contributed by atoms with Gasteiger partial charge < -0.3 is 25.0 Å². The van der Waals surface area contributed by atoms with Gasteiger partial charge in [0.15, 0.2) is 11.6 Å². The first kappa shape index (κ1) is 28.1. The Hall–Kier alpha value is -4.48. The van der Waals surface area contributed by atoms with Gasteiger partial charge in [0.1, 0.15) is 17.2 Å². The van der Waals surface area contributed by atoms with Gasteiger partial charge in [-0.15, -0.1) is 0 Å². The predicted molar refractivity (Wildman–Crippen MR) is 146 cm³/mol. The number of halogens is 3. The van der Waals surface area contributed by atoms with Crippen LogP contribution in [-0.4, -0.2) is 64.0 Å². The number of hydrogen-bond donors (Lipinski definition) is 3. The zero-order chi connectivity index (χ0) is 29.6. The van der Waals surface area contributed by atoms with Crippen LogP contribution >= 0.6 is 0 Å². The summed E-state index contributed by atoms with van der Waals surface area (Å²) in [6.45, 7) is 9.23. The number of hydrogen-bond acceptors (Lipinski definition) is 6. The molecule has 1 saturated heterocycles. The quantitative estimate of drug-likeness (QED) is 0.369. The van der Waals surface area contributed by atoms with E-state index in [9.17, 15) is 27.9 Å². The number of amides is 1. The maximum atomic E-state index is 14.9. The Morgan fingerprint density at radius 3 is 2.24 bits per heavy atom. The summed E-state index contributed by atoms with van der Waals surface area (Å²) in [6.07, 6.45) is -0.361. The molecule has 41 heavy (non-hydrogen) atoms. The number of H-pyrrole nitrogens is 1. The summed E-state index contributed by atoms with van der Waals surface area (Å²) in [5, 5.41) is 20.0. The predicted octanol–water partition coefficient (Wildman–Crippen LogP) is 5.25. The molecule has 0 radical (unpaired) electrons. The second-order valence-electron chi connectivity index (χ2n) is 11.0. The Kier molecular flexibility index (Phi) is 7.18. The van der Waals surface area contributed by atoms with Crippen LogP contribution < -0.4 is 10.2 Å². The van der Waals surface area contributed by atoms with E-state index in [0.29, 0.717) is 49.1 Å². The molecule has 1 unspecified atom stereocenters. The number of aromatic nitrogens is 2. The van der Waals surface area contributed by atoms with Crippen LogP contribution in [0.25, 0.3) is 5.70 Å². The van der Waals surface area contributed by atoms with Crippen LogP contribution in [0.5, 0.6) is 0 Å². The maximum Gasteiger partial charge on any atom is 0.410 e. The highest BCUT2D eigenvalue weighted by atomic mass is 19.2. The SMILES string of the molecule is Cc1n[nH]c2c1C(c1ccc(N3CCN(C(=O)OC(C)(C)C)CC3)cc1)C(C(=O)O)=C(c1c(F)ccc(F)c1F)N2. The van der Waals surface area contributed by atoms with Crippen molar-refractivity contribution in [2.75, 3.05) is 36.4 Å². The molecule has 0 saturated carbocycles. The molecule has 12 heteroatoms. The lowest BCUT2D eigenvalue weighted by atomic mass is 9.80.